The van der Waals surface area contributed by atoms with E-state index < -0.39 is 0 Å². The third-order valence-corrected chi connectivity index (χ3v) is 3.42. The summed E-state index contributed by atoms with van der Waals surface area (Å²) in [5, 5.41) is 6.70. The van der Waals surface area contributed by atoms with Crippen molar-refractivity contribution >= 4 is 11.6 Å². The average Bonchev–Trinajstić information content (AvgIpc) is 2.70. The molecule has 1 fully saturated rings. The number of ether oxygens (including phenoxy) is 1. The lowest BCUT2D eigenvalue weighted by atomic mass is 10.00. The van der Waals surface area contributed by atoms with Crippen LogP contribution < -0.4 is 5.73 Å². The van der Waals surface area contributed by atoms with Crippen molar-refractivity contribution in [2.75, 3.05) is 32.5 Å². The van der Waals surface area contributed by atoms with Crippen LogP contribution >= 0.6 is 0 Å². The van der Waals surface area contributed by atoms with Gasteiger partial charge in [-0.2, -0.15) is 5.10 Å². The molecule has 0 radical (unpaired) electrons. The molecule has 1 amide bonds. The molecule has 1 aromatic rings. The number of rotatable bonds is 3. The molecule has 100 valence electrons. The van der Waals surface area contributed by atoms with Crippen LogP contribution in [-0.2, 0) is 4.74 Å². The van der Waals surface area contributed by atoms with Crippen molar-refractivity contribution in [3.8, 4) is 0 Å². The second-order valence-electron chi connectivity index (χ2n) is 4.85. The number of aromatic nitrogens is 2. The molecule has 6 heteroatoms. The summed E-state index contributed by atoms with van der Waals surface area (Å²) in [6, 6.07) is 0. The normalized spacial score (nSPS) is 16.8. The molecular formula is C12H20N4O2. The summed E-state index contributed by atoms with van der Waals surface area (Å²) < 4.78 is 5.31. The molecular weight excluding hydrogens is 232 g/mol. The van der Waals surface area contributed by atoms with Crippen LogP contribution in [0.5, 0.6) is 0 Å². The second kappa shape index (κ2) is 5.39. The molecule has 2 rings (SSSR count). The quantitative estimate of drug-likeness (QED) is 0.833. The van der Waals surface area contributed by atoms with Crippen molar-refractivity contribution in [1.82, 2.24) is 15.1 Å². The van der Waals surface area contributed by atoms with Gasteiger partial charge in [-0.05, 0) is 25.7 Å². The smallest absolute Gasteiger partial charge is 0.276 e. The number of anilines is 1. The number of nitrogen functional groups attached to an aromatic ring is 1. The molecule has 0 unspecified atom stereocenters. The van der Waals surface area contributed by atoms with E-state index in [1.54, 1.807) is 18.9 Å². The van der Waals surface area contributed by atoms with Crippen LogP contribution in [0.3, 0.4) is 0 Å². The fourth-order valence-corrected chi connectivity index (χ4v) is 2.18. The Labute approximate surface area is 106 Å². The summed E-state index contributed by atoms with van der Waals surface area (Å²) in [7, 11) is 1.79. The molecule has 1 aliphatic heterocycles. The summed E-state index contributed by atoms with van der Waals surface area (Å²) in [5.74, 6) is 0.386. The molecule has 0 saturated carbocycles. The lowest BCUT2D eigenvalue weighted by Gasteiger charge is -2.26. The molecule has 3 N–H and O–H groups in total. The average molecular weight is 252 g/mol. The van der Waals surface area contributed by atoms with Gasteiger partial charge in [-0.25, -0.2) is 0 Å². The first-order valence-electron chi connectivity index (χ1n) is 6.23. The number of hydrogen-bond acceptors (Lipinski definition) is 4. The maximum absolute atomic E-state index is 12.2. The molecule has 0 bridgehead atoms. The summed E-state index contributed by atoms with van der Waals surface area (Å²) in [4.78, 5) is 13.9. The number of aryl methyl sites for hydroxylation is 1. The van der Waals surface area contributed by atoms with E-state index in [9.17, 15) is 4.79 Å². The Hall–Kier alpha value is -1.56. The predicted molar refractivity (Wildman–Crippen MR) is 68.2 cm³/mol. The molecule has 6 nitrogen and oxygen atoms in total. The van der Waals surface area contributed by atoms with Crippen LogP contribution in [-0.4, -0.2) is 47.8 Å². The standard InChI is InChI=1S/C12H20N4O2/c1-8-10(13)11(15-14-8)12(17)16(2)7-9-3-5-18-6-4-9/h9H,3-7,13H2,1-2H3,(H,14,15). The van der Waals surface area contributed by atoms with Crippen molar-refractivity contribution in [3.63, 3.8) is 0 Å². The van der Waals surface area contributed by atoms with Crippen molar-refractivity contribution in [2.45, 2.75) is 19.8 Å². The minimum Gasteiger partial charge on any atom is -0.395 e. The first kappa shape index (κ1) is 12.9. The molecule has 0 spiro atoms. The van der Waals surface area contributed by atoms with Gasteiger partial charge in [0.15, 0.2) is 5.69 Å². The molecule has 1 saturated heterocycles. The highest BCUT2D eigenvalue weighted by atomic mass is 16.5. The lowest BCUT2D eigenvalue weighted by molar-refractivity contribution is 0.0495. The fourth-order valence-electron chi connectivity index (χ4n) is 2.18. The molecule has 0 atom stereocenters. The van der Waals surface area contributed by atoms with Gasteiger partial charge in [0.05, 0.1) is 11.4 Å². The second-order valence-corrected chi connectivity index (χ2v) is 4.85. The van der Waals surface area contributed by atoms with Gasteiger partial charge in [0, 0.05) is 26.8 Å². The number of nitrogens with one attached hydrogen (secondary N) is 1. The van der Waals surface area contributed by atoms with E-state index in [2.05, 4.69) is 10.2 Å². The first-order valence-corrected chi connectivity index (χ1v) is 6.23. The van der Waals surface area contributed by atoms with Crippen molar-refractivity contribution < 1.29 is 9.53 Å². The van der Waals surface area contributed by atoms with Gasteiger partial charge in [-0.15, -0.1) is 0 Å². The Morgan fingerprint density at radius 1 is 1.56 bits per heavy atom. The Balaban J connectivity index is 1.98. The third kappa shape index (κ3) is 2.64. The maximum Gasteiger partial charge on any atom is 0.276 e. The largest absolute Gasteiger partial charge is 0.395 e. The first-order chi connectivity index (χ1) is 8.59. The van der Waals surface area contributed by atoms with E-state index in [4.69, 9.17) is 10.5 Å². The number of carbonyl (C=O) groups is 1. The Bertz CT molecular complexity index is 424. The zero-order chi connectivity index (χ0) is 13.1. The van der Waals surface area contributed by atoms with E-state index in [1.807, 2.05) is 0 Å². The number of H-pyrrole nitrogens is 1. The molecule has 0 aromatic carbocycles. The van der Waals surface area contributed by atoms with Gasteiger partial charge in [0.1, 0.15) is 0 Å². The fraction of sp³-hybridized carbons (Fsp3) is 0.667. The molecule has 1 aliphatic rings. The summed E-state index contributed by atoms with van der Waals surface area (Å²) >= 11 is 0. The number of carbonyl (C=O) groups excluding carboxylic acids is 1. The van der Waals surface area contributed by atoms with E-state index >= 15 is 0 Å². The SMILES string of the molecule is Cc1[nH]nc(C(=O)N(C)CC2CCOCC2)c1N. The number of aromatic amines is 1. The number of nitrogens with zero attached hydrogens (tertiary/aromatic N) is 2. The van der Waals surface area contributed by atoms with Crippen molar-refractivity contribution in [3.05, 3.63) is 11.4 Å². The Morgan fingerprint density at radius 2 is 2.22 bits per heavy atom. The van der Waals surface area contributed by atoms with E-state index in [0.717, 1.165) is 38.3 Å². The van der Waals surface area contributed by atoms with Gasteiger partial charge >= 0.3 is 0 Å². The van der Waals surface area contributed by atoms with Gasteiger partial charge < -0.3 is 15.4 Å². The highest BCUT2D eigenvalue weighted by molar-refractivity contribution is 5.97. The minimum atomic E-state index is -0.122. The van der Waals surface area contributed by atoms with Crippen LogP contribution in [0, 0.1) is 12.8 Å². The predicted octanol–water partition coefficient (Wildman–Crippen LogP) is 0.799. The van der Waals surface area contributed by atoms with Gasteiger partial charge in [-0.3, -0.25) is 9.89 Å². The molecule has 0 aliphatic carbocycles. The summed E-state index contributed by atoms with van der Waals surface area (Å²) in [6.45, 7) is 4.11. The van der Waals surface area contributed by atoms with E-state index in [0.29, 0.717) is 17.3 Å². The molecule has 2 heterocycles. The summed E-state index contributed by atoms with van der Waals surface area (Å²) in [5.41, 5.74) is 7.31. The highest BCUT2D eigenvalue weighted by Crippen LogP contribution is 2.18. The molecule has 1 aromatic heterocycles. The monoisotopic (exact) mass is 252 g/mol. The van der Waals surface area contributed by atoms with Crippen LogP contribution in [0.4, 0.5) is 5.69 Å². The van der Waals surface area contributed by atoms with Gasteiger partial charge in [0.2, 0.25) is 0 Å². The lowest BCUT2D eigenvalue weighted by Crippen LogP contribution is -2.34. The van der Waals surface area contributed by atoms with E-state index in [-0.39, 0.29) is 5.91 Å². The zero-order valence-electron chi connectivity index (χ0n) is 10.9. The maximum atomic E-state index is 12.2. The van der Waals surface area contributed by atoms with Gasteiger partial charge in [0.25, 0.3) is 5.91 Å². The van der Waals surface area contributed by atoms with Crippen LogP contribution in [0.15, 0.2) is 0 Å². The van der Waals surface area contributed by atoms with Crippen LogP contribution in [0.25, 0.3) is 0 Å². The zero-order valence-corrected chi connectivity index (χ0v) is 10.9. The summed E-state index contributed by atoms with van der Waals surface area (Å²) in [6.07, 6.45) is 2.01. The highest BCUT2D eigenvalue weighted by Gasteiger charge is 2.23. The van der Waals surface area contributed by atoms with Crippen LogP contribution in [0.1, 0.15) is 29.0 Å². The van der Waals surface area contributed by atoms with E-state index in [1.165, 1.54) is 0 Å². The van der Waals surface area contributed by atoms with Crippen LogP contribution in [0.2, 0.25) is 0 Å². The van der Waals surface area contributed by atoms with Crippen molar-refractivity contribution in [2.24, 2.45) is 5.92 Å². The number of hydrogen-bond donors (Lipinski definition) is 2. The number of amides is 1. The topological polar surface area (TPSA) is 84.2 Å². The van der Waals surface area contributed by atoms with Gasteiger partial charge in [-0.1, -0.05) is 0 Å². The Kier molecular flexibility index (Phi) is 3.86. The minimum absolute atomic E-state index is 0.122. The Morgan fingerprint density at radius 3 is 2.78 bits per heavy atom. The third-order valence-electron chi connectivity index (χ3n) is 3.42. The van der Waals surface area contributed by atoms with Crippen molar-refractivity contribution in [1.29, 1.82) is 0 Å². The molecule has 18 heavy (non-hydrogen) atoms. The number of nitrogens with two attached hydrogens (primary N) is 1.